The molecule has 0 aliphatic rings. The monoisotopic (exact) mass is 337 g/mol. The molecule has 2 aromatic carbocycles. The highest BCUT2D eigenvalue weighted by atomic mass is 19.4. The quantitative estimate of drug-likeness (QED) is 0.673. The van der Waals surface area contributed by atoms with Gasteiger partial charge in [-0.05, 0) is 30.0 Å². The molecule has 4 nitrogen and oxygen atoms in total. The number of hydrogen-bond acceptors (Lipinski definition) is 3. The number of rotatable bonds is 5. The van der Waals surface area contributed by atoms with E-state index >= 15 is 0 Å². The van der Waals surface area contributed by atoms with Gasteiger partial charge in [-0.25, -0.2) is 4.79 Å². The first-order valence-corrected chi connectivity index (χ1v) is 7.03. The first-order chi connectivity index (χ1) is 11.3. The van der Waals surface area contributed by atoms with E-state index in [0.29, 0.717) is 12.0 Å². The van der Waals surface area contributed by atoms with Crippen molar-refractivity contribution in [2.75, 3.05) is 0 Å². The summed E-state index contributed by atoms with van der Waals surface area (Å²) in [6, 6.07) is 13.4. The fourth-order valence-electron chi connectivity index (χ4n) is 2.17. The second-order valence-electron chi connectivity index (χ2n) is 5.03. The third-order valence-corrected chi connectivity index (χ3v) is 3.31. The van der Waals surface area contributed by atoms with Crippen LogP contribution in [0.15, 0.2) is 48.5 Å². The first-order valence-electron chi connectivity index (χ1n) is 7.03. The molecular formula is C17H14F3NO3. The average Bonchev–Trinajstić information content (AvgIpc) is 2.53. The summed E-state index contributed by atoms with van der Waals surface area (Å²) in [6.07, 6.45) is -4.38. The molecule has 2 aromatic rings. The van der Waals surface area contributed by atoms with Crippen molar-refractivity contribution in [3.8, 4) is 5.75 Å². The normalized spacial score (nSPS) is 11.1. The van der Waals surface area contributed by atoms with Crippen molar-refractivity contribution in [3.05, 3.63) is 65.2 Å². The van der Waals surface area contributed by atoms with E-state index in [-0.39, 0.29) is 12.0 Å². The molecule has 24 heavy (non-hydrogen) atoms. The van der Waals surface area contributed by atoms with E-state index in [1.54, 1.807) is 0 Å². The van der Waals surface area contributed by atoms with Gasteiger partial charge in [0.05, 0.1) is 5.56 Å². The molecule has 0 radical (unpaired) electrons. The van der Waals surface area contributed by atoms with Gasteiger partial charge in [0, 0.05) is 0 Å². The SMILES string of the molecule is NC(=O)c1cccc(CCc2ccccc2)c1OC(=O)C(F)(F)F. The Morgan fingerprint density at radius 2 is 1.62 bits per heavy atom. The molecule has 0 saturated heterocycles. The van der Waals surface area contributed by atoms with Gasteiger partial charge in [-0.3, -0.25) is 4.79 Å². The Morgan fingerprint density at radius 1 is 0.958 bits per heavy atom. The van der Waals surface area contributed by atoms with Gasteiger partial charge in [0.15, 0.2) is 0 Å². The van der Waals surface area contributed by atoms with Crippen molar-refractivity contribution in [1.29, 1.82) is 0 Å². The number of nitrogens with two attached hydrogens (primary N) is 1. The number of primary amides is 1. The number of halogens is 3. The maximum atomic E-state index is 12.5. The third kappa shape index (κ3) is 4.34. The Morgan fingerprint density at radius 3 is 2.21 bits per heavy atom. The molecule has 1 amide bonds. The smallest absolute Gasteiger partial charge is 0.419 e. The van der Waals surface area contributed by atoms with Crippen LogP contribution < -0.4 is 10.5 Å². The van der Waals surface area contributed by atoms with Gasteiger partial charge in [-0.1, -0.05) is 42.5 Å². The number of alkyl halides is 3. The largest absolute Gasteiger partial charge is 0.491 e. The lowest BCUT2D eigenvalue weighted by Crippen LogP contribution is -2.29. The minimum absolute atomic E-state index is 0.266. The summed E-state index contributed by atoms with van der Waals surface area (Å²) < 4.78 is 41.8. The number of esters is 1. The van der Waals surface area contributed by atoms with Crippen molar-refractivity contribution in [2.45, 2.75) is 19.0 Å². The fraction of sp³-hybridized carbons (Fsp3) is 0.176. The van der Waals surface area contributed by atoms with Gasteiger partial charge in [-0.2, -0.15) is 13.2 Å². The number of benzene rings is 2. The van der Waals surface area contributed by atoms with E-state index in [2.05, 4.69) is 4.74 Å². The van der Waals surface area contributed by atoms with Crippen molar-refractivity contribution in [2.24, 2.45) is 5.73 Å². The third-order valence-electron chi connectivity index (χ3n) is 3.31. The molecule has 0 aliphatic carbocycles. The lowest BCUT2D eigenvalue weighted by Gasteiger charge is -2.14. The van der Waals surface area contributed by atoms with Crippen molar-refractivity contribution in [1.82, 2.24) is 0 Å². The molecule has 0 aliphatic heterocycles. The molecule has 0 fully saturated rings. The second kappa shape index (κ2) is 7.16. The zero-order valence-corrected chi connectivity index (χ0v) is 12.5. The molecule has 0 aromatic heterocycles. The van der Waals surface area contributed by atoms with E-state index in [4.69, 9.17) is 5.73 Å². The summed E-state index contributed by atoms with van der Waals surface area (Å²) in [5.41, 5.74) is 6.15. The summed E-state index contributed by atoms with van der Waals surface area (Å²) in [6.45, 7) is 0. The van der Waals surface area contributed by atoms with Gasteiger partial charge in [0.2, 0.25) is 0 Å². The van der Waals surface area contributed by atoms with Gasteiger partial charge < -0.3 is 10.5 Å². The lowest BCUT2D eigenvalue weighted by molar-refractivity contribution is -0.189. The summed E-state index contributed by atoms with van der Waals surface area (Å²) in [4.78, 5) is 22.6. The second-order valence-corrected chi connectivity index (χ2v) is 5.03. The predicted octanol–water partition coefficient (Wildman–Crippen LogP) is 3.04. The van der Waals surface area contributed by atoms with E-state index < -0.39 is 23.8 Å². The van der Waals surface area contributed by atoms with Gasteiger partial charge in [0.25, 0.3) is 5.91 Å². The number of aryl methyl sites for hydroxylation is 2. The maximum absolute atomic E-state index is 12.5. The zero-order valence-electron chi connectivity index (χ0n) is 12.5. The number of amides is 1. The topological polar surface area (TPSA) is 69.4 Å². The Kier molecular flexibility index (Phi) is 5.23. The maximum Gasteiger partial charge on any atom is 0.491 e. The highest BCUT2D eigenvalue weighted by molar-refractivity contribution is 5.97. The Bertz CT molecular complexity index is 742. The standard InChI is InChI=1S/C17H14F3NO3/c18-17(19,20)16(23)24-14-12(7-4-8-13(14)15(21)22)10-9-11-5-2-1-3-6-11/h1-8H,9-10H2,(H2,21,22). The van der Waals surface area contributed by atoms with E-state index in [0.717, 1.165) is 5.56 Å². The molecule has 2 N–H and O–H groups in total. The zero-order chi connectivity index (χ0) is 17.7. The Balaban J connectivity index is 2.31. The number of carbonyl (C=O) groups excluding carboxylic acids is 2. The van der Waals surface area contributed by atoms with Crippen LogP contribution in [0.25, 0.3) is 0 Å². The summed E-state index contributed by atoms with van der Waals surface area (Å²) in [7, 11) is 0. The van der Waals surface area contributed by atoms with Crippen LogP contribution in [0.3, 0.4) is 0 Å². The fourth-order valence-corrected chi connectivity index (χ4v) is 2.17. The minimum atomic E-state index is -5.17. The highest BCUT2D eigenvalue weighted by Gasteiger charge is 2.42. The van der Waals surface area contributed by atoms with E-state index in [9.17, 15) is 22.8 Å². The van der Waals surface area contributed by atoms with Crippen LogP contribution in [-0.4, -0.2) is 18.1 Å². The molecule has 0 heterocycles. The molecule has 0 bridgehead atoms. The number of ether oxygens (including phenoxy) is 1. The molecule has 2 rings (SSSR count). The van der Waals surface area contributed by atoms with Gasteiger partial charge >= 0.3 is 12.1 Å². The molecule has 0 atom stereocenters. The average molecular weight is 337 g/mol. The molecular weight excluding hydrogens is 323 g/mol. The molecule has 126 valence electrons. The van der Waals surface area contributed by atoms with Gasteiger partial charge in [-0.15, -0.1) is 0 Å². The van der Waals surface area contributed by atoms with E-state index in [1.165, 1.54) is 18.2 Å². The molecule has 0 unspecified atom stereocenters. The number of para-hydroxylation sites is 1. The van der Waals surface area contributed by atoms with Crippen molar-refractivity contribution < 1.29 is 27.5 Å². The summed E-state index contributed by atoms with van der Waals surface area (Å²) in [5, 5.41) is 0. The van der Waals surface area contributed by atoms with Crippen molar-refractivity contribution >= 4 is 11.9 Å². The van der Waals surface area contributed by atoms with Crippen LogP contribution in [0.4, 0.5) is 13.2 Å². The predicted molar refractivity (Wildman–Crippen MR) is 80.5 cm³/mol. The van der Waals surface area contributed by atoms with Crippen LogP contribution in [0.5, 0.6) is 5.75 Å². The summed E-state index contributed by atoms with van der Waals surface area (Å²) in [5.74, 6) is -3.80. The minimum Gasteiger partial charge on any atom is -0.419 e. The first kappa shape index (κ1) is 17.5. The molecule has 0 spiro atoms. The molecule has 7 heteroatoms. The number of carbonyl (C=O) groups is 2. The van der Waals surface area contributed by atoms with Crippen LogP contribution in [0.2, 0.25) is 0 Å². The van der Waals surface area contributed by atoms with E-state index in [1.807, 2.05) is 30.3 Å². The van der Waals surface area contributed by atoms with Crippen LogP contribution in [0, 0.1) is 0 Å². The summed E-state index contributed by atoms with van der Waals surface area (Å²) >= 11 is 0. The molecule has 0 saturated carbocycles. The van der Waals surface area contributed by atoms with Gasteiger partial charge in [0.1, 0.15) is 5.75 Å². The lowest BCUT2D eigenvalue weighted by atomic mass is 10.0. The highest BCUT2D eigenvalue weighted by Crippen LogP contribution is 2.28. The number of hydrogen-bond donors (Lipinski definition) is 1. The van der Waals surface area contributed by atoms with Crippen LogP contribution in [-0.2, 0) is 17.6 Å². The van der Waals surface area contributed by atoms with Crippen LogP contribution in [0.1, 0.15) is 21.5 Å². The Hall–Kier alpha value is -2.83. The Labute approximate surface area is 136 Å². The van der Waals surface area contributed by atoms with Crippen LogP contribution >= 0.6 is 0 Å². The van der Waals surface area contributed by atoms with Crippen molar-refractivity contribution in [3.63, 3.8) is 0 Å².